The molecule has 4 nitrogen and oxygen atoms in total. The molecule has 1 aliphatic carbocycles. The fraction of sp³-hybridized carbons (Fsp3) is 0.111. The zero-order valence-electron chi connectivity index (χ0n) is 11.9. The first-order valence-electron chi connectivity index (χ1n) is 5.84. The summed E-state index contributed by atoms with van der Waals surface area (Å²) < 4.78 is 22.5. The smallest absolute Gasteiger partial charge is 2.00 e. The molecule has 5 heteroatoms. The van der Waals surface area contributed by atoms with E-state index in [1.54, 1.807) is 0 Å². The Morgan fingerprint density at radius 3 is 2.13 bits per heavy atom. The van der Waals surface area contributed by atoms with Crippen LogP contribution in [0.4, 0.5) is 0 Å². The van der Waals surface area contributed by atoms with Crippen molar-refractivity contribution in [2.45, 2.75) is 6.42 Å². The van der Waals surface area contributed by atoms with Gasteiger partial charge in [0.25, 0.3) is 0 Å². The molecule has 0 heterocycles. The van der Waals surface area contributed by atoms with Gasteiger partial charge in [-0.3, -0.25) is 11.8 Å². The van der Waals surface area contributed by atoms with Gasteiger partial charge in [0.2, 0.25) is 0 Å². The van der Waals surface area contributed by atoms with Gasteiger partial charge in [0.15, 0.2) is 0 Å². The van der Waals surface area contributed by atoms with Crippen molar-refractivity contribution < 1.29 is 31.0 Å². The molecule has 0 aliphatic heterocycles. The molecule has 0 bridgehead atoms. The van der Waals surface area contributed by atoms with Gasteiger partial charge >= 0.3 is 51.0 Å². The van der Waals surface area contributed by atoms with Crippen LogP contribution in [0.25, 0.3) is 0 Å². The van der Waals surface area contributed by atoms with E-state index < -0.39 is 0 Å². The molecule has 0 amide bonds. The minimum atomic E-state index is -0.152. The molecule has 113 valence electrons. The van der Waals surface area contributed by atoms with Crippen molar-refractivity contribution >= 4 is 0 Å². The summed E-state index contributed by atoms with van der Waals surface area (Å²) in [6.07, 6.45) is 6.64. The molecule has 3 radical (unpaired) electrons. The van der Waals surface area contributed by atoms with E-state index in [4.69, 9.17) is 19.2 Å². The monoisotopic (exact) mass is 345 g/mol. The van der Waals surface area contributed by atoms with E-state index >= 15 is 0 Å². The van der Waals surface area contributed by atoms with Crippen molar-refractivity contribution in [3.05, 3.63) is 81.0 Å². The summed E-state index contributed by atoms with van der Waals surface area (Å²) in [5, 5.41) is 8.95. The number of nitrogens with zero attached hydrogens (tertiary/aromatic N) is 1. The van der Waals surface area contributed by atoms with Gasteiger partial charge in [-0.1, -0.05) is 42.3 Å². The Morgan fingerprint density at radius 2 is 1.61 bits per heavy atom. The van der Waals surface area contributed by atoms with Gasteiger partial charge in [0, 0.05) is 5.92 Å². The van der Waals surface area contributed by atoms with Crippen LogP contribution in [0.5, 0.6) is 0 Å². The van der Waals surface area contributed by atoms with Crippen molar-refractivity contribution in [2.75, 3.05) is 0 Å². The van der Waals surface area contributed by atoms with Crippen LogP contribution in [0, 0.1) is 74.2 Å². The van der Waals surface area contributed by atoms with Gasteiger partial charge < -0.3 is 0 Å². The first kappa shape index (κ1) is 25.8. The third kappa shape index (κ3) is 11.1. The van der Waals surface area contributed by atoms with Crippen molar-refractivity contribution in [1.29, 1.82) is 5.26 Å². The van der Waals surface area contributed by atoms with Gasteiger partial charge in [0.05, 0.1) is 6.07 Å². The average Bonchev–Trinajstić information content (AvgIpc) is 2.66. The molecule has 1 aromatic rings. The summed E-state index contributed by atoms with van der Waals surface area (Å²) in [6.45, 7) is 13.5. The van der Waals surface area contributed by atoms with E-state index in [9.17, 15) is 0 Å². The summed E-state index contributed by atoms with van der Waals surface area (Å²) in [6, 6.07) is 12.1. The maximum absolute atomic E-state index is 8.95. The molecule has 0 saturated heterocycles. The zero-order valence-corrected chi connectivity index (χ0v) is 13.0. The van der Waals surface area contributed by atoms with E-state index in [1.165, 1.54) is 0 Å². The molecule has 1 saturated carbocycles. The molecule has 1 aromatic carbocycles. The Morgan fingerprint density at radius 1 is 1.04 bits per heavy atom. The number of benzene rings is 1. The predicted octanol–water partition coefficient (Wildman–Crippen LogP) is 2.65. The van der Waals surface area contributed by atoms with E-state index in [0.717, 1.165) is 17.9 Å². The van der Waals surface area contributed by atoms with Gasteiger partial charge in [-0.2, -0.15) is 11.2 Å². The predicted molar refractivity (Wildman–Crippen MR) is 75.0 cm³/mol. The van der Waals surface area contributed by atoms with Gasteiger partial charge in [-0.15, -0.1) is 0 Å². The second-order valence-electron chi connectivity index (χ2n) is 3.57. The van der Waals surface area contributed by atoms with Gasteiger partial charge in [-0.05, 0) is 19.3 Å². The summed E-state index contributed by atoms with van der Waals surface area (Å²) in [7, 11) is 0. The number of hydrogen-bond donors (Lipinski definition) is 0. The molecule has 1 unspecified atom stereocenters. The summed E-state index contributed by atoms with van der Waals surface area (Å²) in [5.74, 6) is 7.02. The van der Waals surface area contributed by atoms with Gasteiger partial charge in [-0.25, -0.2) is 0 Å². The Kier molecular flexibility index (Phi) is 22.3. The van der Waals surface area contributed by atoms with Gasteiger partial charge in [0.1, 0.15) is 0 Å². The standard InChI is InChI=1S/C15H11N.3CO.Fe/c16-12-15-9-5-4-8-14(15)11-10-13-6-2-1-3-7-13;3*1-2;/h1-7,9,15H,8H2;;;;/q-1;;;;+2. The molecular weight excluding hydrogens is 334 g/mol. The number of nitriles is 1. The Hall–Kier alpha value is -2.12. The minimum Gasteiger partial charge on any atom is 2.00 e. The fourth-order valence-electron chi connectivity index (χ4n) is 1.55. The Balaban J connectivity index is -0.000000514. The van der Waals surface area contributed by atoms with E-state index in [-0.39, 0.29) is 23.0 Å². The Labute approximate surface area is 147 Å². The third-order valence-electron chi connectivity index (χ3n) is 2.43. The van der Waals surface area contributed by atoms with Crippen molar-refractivity contribution in [2.24, 2.45) is 5.92 Å². The zero-order chi connectivity index (χ0) is 17.2. The number of rotatable bonds is 0. The van der Waals surface area contributed by atoms with Crippen LogP contribution in [0.2, 0.25) is 0 Å². The van der Waals surface area contributed by atoms with Crippen molar-refractivity contribution in [1.82, 2.24) is 0 Å². The van der Waals surface area contributed by atoms with Crippen LogP contribution in [-0.2, 0) is 31.0 Å². The molecule has 1 atom stereocenters. The molecule has 0 N–H and O–H groups in total. The molecule has 1 fully saturated rings. The molecule has 1 aliphatic rings. The van der Waals surface area contributed by atoms with Crippen LogP contribution in [0.1, 0.15) is 12.0 Å². The van der Waals surface area contributed by atoms with E-state index in [2.05, 4.69) is 37.9 Å². The summed E-state index contributed by atoms with van der Waals surface area (Å²) >= 11 is 0. The first-order valence-corrected chi connectivity index (χ1v) is 5.84. The molecule has 0 aromatic heterocycles. The normalized spacial score (nSPS) is 13.8. The number of hydrogen-bond acceptors (Lipinski definition) is 1. The van der Waals surface area contributed by atoms with E-state index in [1.807, 2.05) is 49.6 Å². The van der Waals surface area contributed by atoms with Crippen LogP contribution in [0.3, 0.4) is 0 Å². The third-order valence-corrected chi connectivity index (χ3v) is 2.43. The Bertz CT molecular complexity index is 547. The van der Waals surface area contributed by atoms with Crippen LogP contribution in [-0.4, -0.2) is 0 Å². The van der Waals surface area contributed by atoms with Crippen molar-refractivity contribution in [3.63, 3.8) is 0 Å². The maximum atomic E-state index is 8.95. The molecule has 23 heavy (non-hydrogen) atoms. The maximum Gasteiger partial charge on any atom is 2.00 e. The van der Waals surface area contributed by atoms with Crippen molar-refractivity contribution in [3.8, 4) is 17.9 Å². The average molecular weight is 345 g/mol. The topological polar surface area (TPSA) is 83.5 Å². The van der Waals surface area contributed by atoms with Crippen LogP contribution < -0.4 is 0 Å². The van der Waals surface area contributed by atoms with Crippen LogP contribution in [0.15, 0.2) is 30.3 Å². The summed E-state index contributed by atoms with van der Waals surface area (Å²) in [5.41, 5.74) is 0.987. The largest absolute Gasteiger partial charge is 2.00 e. The second-order valence-corrected chi connectivity index (χ2v) is 3.57. The molecular formula is C18H11FeNO3+. The fourth-order valence-corrected chi connectivity index (χ4v) is 1.55. The SMILES string of the molecule is N#CC1[CH][CH][CH]C[C-]1C#Cc1ccccc1.[C-]#[O+].[C-]#[O+].[C-]#[O+].[Fe+2]. The second kappa shape index (κ2) is 19.9. The minimum absolute atomic E-state index is 0. The first-order chi connectivity index (χ1) is 10.9. The quantitative estimate of drug-likeness (QED) is 0.308. The van der Waals surface area contributed by atoms with Crippen LogP contribution >= 0.6 is 0 Å². The molecule has 2 rings (SSSR count). The summed E-state index contributed by atoms with van der Waals surface area (Å²) in [4.78, 5) is 0. The molecule has 0 spiro atoms. The van der Waals surface area contributed by atoms with E-state index in [0.29, 0.717) is 0 Å².